The summed E-state index contributed by atoms with van der Waals surface area (Å²) >= 11 is 0. The number of carbonyl (C=O) groups is 3. The summed E-state index contributed by atoms with van der Waals surface area (Å²) in [5.74, 6) is -1.19. The molecule has 0 aromatic carbocycles. The van der Waals surface area contributed by atoms with E-state index < -0.39 is 34.6 Å². The predicted octanol–water partition coefficient (Wildman–Crippen LogP) is 0.448. The van der Waals surface area contributed by atoms with E-state index >= 15 is 0 Å². The van der Waals surface area contributed by atoms with E-state index in [1.165, 1.54) is 0 Å². The van der Waals surface area contributed by atoms with Crippen LogP contribution in [0.4, 0.5) is 4.79 Å². The second kappa shape index (κ2) is 4.44. The van der Waals surface area contributed by atoms with E-state index in [9.17, 15) is 14.4 Å². The molecule has 0 aromatic heterocycles. The maximum absolute atomic E-state index is 12.3. The molecule has 0 aliphatic carbocycles. The first-order chi connectivity index (χ1) is 9.51. The van der Waals surface area contributed by atoms with Crippen LogP contribution >= 0.6 is 0 Å². The summed E-state index contributed by atoms with van der Waals surface area (Å²) in [5, 5.41) is 3.79. The Bertz CT molecular complexity index is 556. The first-order valence-electron chi connectivity index (χ1n) is 6.58. The third-order valence-electron chi connectivity index (χ3n) is 3.93. The molecular formula is C13H19N3O5. The van der Waals surface area contributed by atoms with Crippen LogP contribution in [0.5, 0.6) is 0 Å². The van der Waals surface area contributed by atoms with Gasteiger partial charge in [0.15, 0.2) is 11.0 Å². The number of urea groups is 1. The molecule has 2 fully saturated rings. The summed E-state index contributed by atoms with van der Waals surface area (Å²) in [6, 6.07) is -0.821. The molecule has 0 unspecified atom stereocenters. The fourth-order valence-corrected chi connectivity index (χ4v) is 2.92. The van der Waals surface area contributed by atoms with Crippen molar-refractivity contribution in [3.8, 4) is 0 Å². The zero-order valence-corrected chi connectivity index (χ0v) is 12.5. The minimum absolute atomic E-state index is 0.122. The lowest BCUT2D eigenvalue weighted by Crippen LogP contribution is -2.37. The maximum Gasteiger partial charge on any atom is 0.332 e. The Hall–Kier alpha value is -2.12. The zero-order valence-electron chi connectivity index (χ0n) is 12.5. The molecule has 116 valence electrons. The average Bonchev–Trinajstić information content (AvgIpc) is 2.71. The summed E-state index contributed by atoms with van der Waals surface area (Å²) in [4.78, 5) is 35.1. The van der Waals surface area contributed by atoms with Gasteiger partial charge in [-0.2, -0.15) is 5.10 Å². The third kappa shape index (κ3) is 2.45. The normalized spacial score (nSPS) is 34.8. The van der Waals surface area contributed by atoms with Crippen LogP contribution in [0.3, 0.4) is 0 Å². The van der Waals surface area contributed by atoms with Gasteiger partial charge in [0.1, 0.15) is 5.60 Å². The number of primary amides is 1. The Balaban J connectivity index is 2.29. The van der Waals surface area contributed by atoms with Crippen molar-refractivity contribution in [3.05, 3.63) is 0 Å². The number of nitrogens with one attached hydrogen (secondary N) is 1. The molecule has 0 radical (unpaired) electrons. The second-order valence-electron chi connectivity index (χ2n) is 6.38. The predicted molar refractivity (Wildman–Crippen MR) is 72.2 cm³/mol. The molecular weight excluding hydrogens is 278 g/mol. The number of nitrogens with zero attached hydrogens (tertiary/aromatic N) is 1. The summed E-state index contributed by atoms with van der Waals surface area (Å²) in [6.45, 7) is 6.73. The van der Waals surface area contributed by atoms with E-state index in [4.69, 9.17) is 15.2 Å². The zero-order chi connectivity index (χ0) is 16.1. The van der Waals surface area contributed by atoms with E-state index in [1.807, 2.05) is 0 Å². The summed E-state index contributed by atoms with van der Waals surface area (Å²) in [6.07, 6.45) is 0.376. The number of hydrogen-bond donors (Lipinski definition) is 2. The van der Waals surface area contributed by atoms with Gasteiger partial charge in [-0.25, -0.2) is 10.2 Å². The minimum Gasteiger partial charge on any atom is -0.459 e. The minimum atomic E-state index is -1.30. The Morgan fingerprint density at radius 1 is 1.19 bits per heavy atom. The topological polar surface area (TPSA) is 120 Å². The standard InChI is InChI=1S/C13H19N3O5/c1-7(15-16-10(14)19)12(4)6-13(9(18)21-12)5-11(2,3)20-8(13)17/h5-6H2,1-4H3,(H3,14,16,19)/b15-7-/t12-,13+/m1/s1. The largest absolute Gasteiger partial charge is 0.459 e. The molecule has 2 rings (SSSR count). The van der Waals surface area contributed by atoms with Gasteiger partial charge in [-0.15, -0.1) is 0 Å². The second-order valence-corrected chi connectivity index (χ2v) is 6.38. The van der Waals surface area contributed by atoms with E-state index in [0.717, 1.165) is 0 Å². The Labute approximate surface area is 122 Å². The van der Waals surface area contributed by atoms with Gasteiger partial charge in [0.25, 0.3) is 0 Å². The van der Waals surface area contributed by atoms with Crippen LogP contribution in [0.15, 0.2) is 5.10 Å². The number of esters is 2. The summed E-state index contributed by atoms with van der Waals surface area (Å²) in [5.41, 5.74) is 4.28. The number of nitrogens with two attached hydrogens (primary N) is 1. The quantitative estimate of drug-likeness (QED) is 0.332. The number of rotatable bonds is 2. The van der Waals surface area contributed by atoms with Crippen molar-refractivity contribution in [3.63, 3.8) is 0 Å². The highest BCUT2D eigenvalue weighted by atomic mass is 16.6. The molecule has 2 heterocycles. The molecule has 2 aliphatic rings. The molecule has 8 heteroatoms. The van der Waals surface area contributed by atoms with Gasteiger partial charge in [0.05, 0.1) is 5.71 Å². The Kier molecular flexibility index (Phi) is 3.23. The fraction of sp³-hybridized carbons (Fsp3) is 0.692. The summed E-state index contributed by atoms with van der Waals surface area (Å²) < 4.78 is 10.6. The van der Waals surface area contributed by atoms with Crippen LogP contribution in [0.25, 0.3) is 0 Å². The van der Waals surface area contributed by atoms with Crippen molar-refractivity contribution in [2.24, 2.45) is 16.3 Å². The van der Waals surface area contributed by atoms with Crippen molar-refractivity contribution in [2.45, 2.75) is 51.7 Å². The lowest BCUT2D eigenvalue weighted by atomic mass is 9.75. The molecule has 21 heavy (non-hydrogen) atoms. The van der Waals surface area contributed by atoms with Gasteiger partial charge >= 0.3 is 18.0 Å². The van der Waals surface area contributed by atoms with E-state index in [2.05, 4.69) is 10.5 Å². The Morgan fingerprint density at radius 3 is 2.24 bits per heavy atom. The number of carbonyl (C=O) groups excluding carboxylic acids is 3. The molecule has 8 nitrogen and oxygen atoms in total. The van der Waals surface area contributed by atoms with Gasteiger partial charge in [-0.05, 0) is 27.7 Å². The van der Waals surface area contributed by atoms with Crippen molar-refractivity contribution >= 4 is 23.7 Å². The van der Waals surface area contributed by atoms with Gasteiger partial charge < -0.3 is 15.2 Å². The molecule has 2 atom stereocenters. The first-order valence-corrected chi connectivity index (χ1v) is 6.58. The van der Waals surface area contributed by atoms with Gasteiger partial charge in [0, 0.05) is 12.8 Å². The SMILES string of the molecule is C/C(=N/NC(N)=O)[C@@]1(C)C[C@]2(CC(C)(C)OC2=O)C(=O)O1. The van der Waals surface area contributed by atoms with Gasteiger partial charge in [-0.1, -0.05) is 0 Å². The smallest absolute Gasteiger partial charge is 0.332 e. The maximum atomic E-state index is 12.3. The van der Waals surface area contributed by atoms with Crippen molar-refractivity contribution in [2.75, 3.05) is 0 Å². The molecule has 2 saturated heterocycles. The van der Waals surface area contributed by atoms with E-state index in [0.29, 0.717) is 5.71 Å². The Morgan fingerprint density at radius 2 is 1.76 bits per heavy atom. The number of hydrazone groups is 1. The van der Waals surface area contributed by atoms with Crippen LogP contribution in [0.2, 0.25) is 0 Å². The highest BCUT2D eigenvalue weighted by molar-refractivity contribution is 6.07. The number of cyclic esters (lactones) is 2. The molecule has 0 bridgehead atoms. The molecule has 3 N–H and O–H groups in total. The van der Waals surface area contributed by atoms with Crippen LogP contribution in [-0.2, 0) is 19.1 Å². The van der Waals surface area contributed by atoms with Gasteiger partial charge in [0.2, 0.25) is 0 Å². The van der Waals surface area contributed by atoms with Crippen molar-refractivity contribution in [1.82, 2.24) is 5.43 Å². The lowest BCUT2D eigenvalue weighted by molar-refractivity contribution is -0.160. The number of hydrogen-bond acceptors (Lipinski definition) is 6. The molecule has 1 spiro atoms. The highest BCUT2D eigenvalue weighted by Crippen LogP contribution is 2.51. The highest BCUT2D eigenvalue weighted by Gasteiger charge is 2.67. The number of ether oxygens (including phenoxy) is 2. The van der Waals surface area contributed by atoms with Crippen LogP contribution in [0, 0.1) is 5.41 Å². The monoisotopic (exact) mass is 297 g/mol. The van der Waals surface area contributed by atoms with E-state index in [1.54, 1.807) is 27.7 Å². The van der Waals surface area contributed by atoms with Crippen molar-refractivity contribution < 1.29 is 23.9 Å². The summed E-state index contributed by atoms with van der Waals surface area (Å²) in [7, 11) is 0. The van der Waals surface area contributed by atoms with Crippen LogP contribution in [-0.4, -0.2) is 34.9 Å². The van der Waals surface area contributed by atoms with E-state index in [-0.39, 0.29) is 12.8 Å². The molecule has 0 aromatic rings. The lowest BCUT2D eigenvalue weighted by Gasteiger charge is -2.22. The van der Waals surface area contributed by atoms with Crippen molar-refractivity contribution in [1.29, 1.82) is 0 Å². The third-order valence-corrected chi connectivity index (χ3v) is 3.93. The number of amides is 2. The fourth-order valence-electron chi connectivity index (χ4n) is 2.92. The molecule has 0 saturated carbocycles. The molecule has 2 amide bonds. The average molecular weight is 297 g/mol. The van der Waals surface area contributed by atoms with Crippen LogP contribution in [0.1, 0.15) is 40.5 Å². The molecule has 2 aliphatic heterocycles. The van der Waals surface area contributed by atoms with Gasteiger partial charge in [-0.3, -0.25) is 9.59 Å². The van der Waals surface area contributed by atoms with Crippen LogP contribution < -0.4 is 11.2 Å². The first kappa shape index (κ1) is 15.3.